The Bertz CT molecular complexity index is 165. The van der Waals surface area contributed by atoms with Gasteiger partial charge in [0.15, 0.2) is 0 Å². The molecule has 1 atom stereocenters. The second-order valence-corrected chi connectivity index (χ2v) is 4.57. The quantitative estimate of drug-likeness (QED) is 0.638. The molecule has 2 nitrogen and oxygen atoms in total. The Morgan fingerprint density at radius 2 is 2.00 bits per heavy atom. The fourth-order valence-electron chi connectivity index (χ4n) is 2.81. The fraction of sp³-hybridized carbons (Fsp3) is 1.00. The number of rotatable bonds is 1. The smallest absolute Gasteiger partial charge is 0.0814 e. The first kappa shape index (κ1) is 8.52. The number of aliphatic hydroxyl groups is 1. The van der Waals surface area contributed by atoms with Crippen molar-refractivity contribution in [3.05, 3.63) is 0 Å². The lowest BCUT2D eigenvalue weighted by Gasteiger charge is -2.29. The van der Waals surface area contributed by atoms with Gasteiger partial charge < -0.3 is 10.0 Å². The molecule has 2 rings (SSSR count). The topological polar surface area (TPSA) is 23.5 Å². The molecule has 1 heterocycles. The maximum atomic E-state index is 10.3. The van der Waals surface area contributed by atoms with Gasteiger partial charge in [0.2, 0.25) is 0 Å². The lowest BCUT2D eigenvalue weighted by molar-refractivity contribution is -0.00470. The van der Waals surface area contributed by atoms with Crippen LogP contribution in [-0.4, -0.2) is 35.7 Å². The second-order valence-electron chi connectivity index (χ2n) is 4.57. The zero-order valence-electron chi connectivity index (χ0n) is 7.92. The highest BCUT2D eigenvalue weighted by atomic mass is 16.3. The molecule has 1 saturated heterocycles. The van der Waals surface area contributed by atoms with Crippen molar-refractivity contribution in [2.75, 3.05) is 20.1 Å². The van der Waals surface area contributed by atoms with Gasteiger partial charge in [-0.15, -0.1) is 0 Å². The monoisotopic (exact) mass is 169 g/mol. The summed E-state index contributed by atoms with van der Waals surface area (Å²) in [6, 6.07) is 0. The van der Waals surface area contributed by atoms with Crippen LogP contribution >= 0.6 is 0 Å². The summed E-state index contributed by atoms with van der Waals surface area (Å²) in [5.74, 6) is 0.599. The summed E-state index contributed by atoms with van der Waals surface area (Å²) in [7, 11) is 2.10. The molecule has 2 heteroatoms. The van der Waals surface area contributed by atoms with E-state index in [0.29, 0.717) is 5.92 Å². The van der Waals surface area contributed by atoms with Crippen molar-refractivity contribution in [1.29, 1.82) is 0 Å². The van der Waals surface area contributed by atoms with Crippen molar-refractivity contribution in [2.24, 2.45) is 5.92 Å². The van der Waals surface area contributed by atoms with E-state index in [1.165, 1.54) is 25.7 Å². The normalized spacial score (nSPS) is 39.5. The average Bonchev–Trinajstić information content (AvgIpc) is 2.59. The third-order valence-electron chi connectivity index (χ3n) is 3.59. The molecule has 1 aliphatic heterocycles. The molecule has 0 spiro atoms. The van der Waals surface area contributed by atoms with Crippen LogP contribution in [0.3, 0.4) is 0 Å². The number of likely N-dealkylation sites (N-methyl/N-ethyl adjacent to an activating group) is 1. The van der Waals surface area contributed by atoms with E-state index in [1.54, 1.807) is 0 Å². The van der Waals surface area contributed by atoms with Crippen molar-refractivity contribution in [3.8, 4) is 0 Å². The van der Waals surface area contributed by atoms with Gasteiger partial charge >= 0.3 is 0 Å². The Labute approximate surface area is 74.6 Å². The summed E-state index contributed by atoms with van der Waals surface area (Å²) in [4.78, 5) is 2.25. The van der Waals surface area contributed by atoms with Crippen molar-refractivity contribution in [2.45, 2.75) is 37.7 Å². The second kappa shape index (κ2) is 3.00. The van der Waals surface area contributed by atoms with Crippen molar-refractivity contribution >= 4 is 0 Å². The molecular weight excluding hydrogens is 150 g/mol. The Kier molecular flexibility index (Phi) is 2.13. The van der Waals surface area contributed by atoms with Gasteiger partial charge in [-0.05, 0) is 32.2 Å². The Hall–Kier alpha value is -0.0800. The minimum Gasteiger partial charge on any atom is -0.388 e. The van der Waals surface area contributed by atoms with E-state index in [9.17, 15) is 5.11 Å². The molecule has 0 bridgehead atoms. The molecule has 0 aromatic heterocycles. The third-order valence-corrected chi connectivity index (χ3v) is 3.59. The van der Waals surface area contributed by atoms with Crippen LogP contribution in [0.15, 0.2) is 0 Å². The van der Waals surface area contributed by atoms with Gasteiger partial charge in [-0.25, -0.2) is 0 Å². The summed E-state index contributed by atoms with van der Waals surface area (Å²) in [5.41, 5.74) is -0.328. The summed E-state index contributed by atoms with van der Waals surface area (Å²) in [5, 5.41) is 10.3. The van der Waals surface area contributed by atoms with E-state index in [0.717, 1.165) is 19.5 Å². The molecule has 2 aliphatic rings. The van der Waals surface area contributed by atoms with E-state index in [4.69, 9.17) is 0 Å². The SMILES string of the molecule is CN1CCC(O)(C2CCCC2)C1. The minimum atomic E-state index is -0.328. The van der Waals surface area contributed by atoms with Gasteiger partial charge in [-0.3, -0.25) is 0 Å². The van der Waals surface area contributed by atoms with Gasteiger partial charge in [0.1, 0.15) is 0 Å². The molecule has 0 radical (unpaired) electrons. The lowest BCUT2D eigenvalue weighted by Crippen LogP contribution is -2.38. The summed E-state index contributed by atoms with van der Waals surface area (Å²) in [6.45, 7) is 1.98. The highest BCUT2D eigenvalue weighted by molar-refractivity contribution is 4.95. The van der Waals surface area contributed by atoms with Gasteiger partial charge in [0, 0.05) is 13.1 Å². The van der Waals surface area contributed by atoms with Gasteiger partial charge in [0.05, 0.1) is 5.60 Å². The predicted molar refractivity (Wildman–Crippen MR) is 49.0 cm³/mol. The van der Waals surface area contributed by atoms with Crippen LogP contribution in [0, 0.1) is 5.92 Å². The minimum absolute atomic E-state index is 0.328. The van der Waals surface area contributed by atoms with Crippen molar-refractivity contribution in [1.82, 2.24) is 4.90 Å². The summed E-state index contributed by atoms with van der Waals surface area (Å²) in [6.07, 6.45) is 6.16. The van der Waals surface area contributed by atoms with E-state index < -0.39 is 0 Å². The van der Waals surface area contributed by atoms with Crippen LogP contribution in [0.25, 0.3) is 0 Å². The first-order chi connectivity index (χ1) is 5.71. The van der Waals surface area contributed by atoms with E-state index in [2.05, 4.69) is 11.9 Å². The molecule has 0 amide bonds. The van der Waals surface area contributed by atoms with E-state index in [1.807, 2.05) is 0 Å². The van der Waals surface area contributed by atoms with Crippen molar-refractivity contribution in [3.63, 3.8) is 0 Å². The van der Waals surface area contributed by atoms with E-state index >= 15 is 0 Å². The predicted octanol–water partition coefficient (Wildman–Crippen LogP) is 1.24. The molecular formula is C10H19NO. The van der Waals surface area contributed by atoms with Crippen LogP contribution in [0.4, 0.5) is 0 Å². The molecule has 0 aromatic rings. The maximum Gasteiger partial charge on any atom is 0.0814 e. The highest BCUT2D eigenvalue weighted by Crippen LogP contribution is 2.38. The summed E-state index contributed by atoms with van der Waals surface area (Å²) < 4.78 is 0. The molecule has 2 fully saturated rings. The number of likely N-dealkylation sites (tertiary alicyclic amines) is 1. The third kappa shape index (κ3) is 1.38. The molecule has 1 unspecified atom stereocenters. The largest absolute Gasteiger partial charge is 0.388 e. The van der Waals surface area contributed by atoms with Gasteiger partial charge in [-0.1, -0.05) is 12.8 Å². The first-order valence-electron chi connectivity index (χ1n) is 5.12. The number of hydrogen-bond acceptors (Lipinski definition) is 2. The van der Waals surface area contributed by atoms with Crippen molar-refractivity contribution < 1.29 is 5.11 Å². The van der Waals surface area contributed by atoms with Gasteiger partial charge in [-0.2, -0.15) is 0 Å². The van der Waals surface area contributed by atoms with Crippen LogP contribution in [0.2, 0.25) is 0 Å². The maximum absolute atomic E-state index is 10.3. The molecule has 12 heavy (non-hydrogen) atoms. The van der Waals surface area contributed by atoms with E-state index in [-0.39, 0.29) is 5.60 Å². The number of nitrogens with zero attached hydrogens (tertiary/aromatic N) is 1. The Morgan fingerprint density at radius 3 is 2.50 bits per heavy atom. The van der Waals surface area contributed by atoms with Crippen LogP contribution < -0.4 is 0 Å². The zero-order chi connectivity index (χ0) is 8.60. The van der Waals surface area contributed by atoms with Crippen LogP contribution in [0.5, 0.6) is 0 Å². The molecule has 0 aromatic carbocycles. The number of hydrogen-bond donors (Lipinski definition) is 1. The number of β-amino-alcohol motifs (C(OH)–C–C–N with tert-alkyl or cyclic N) is 1. The zero-order valence-corrected chi connectivity index (χ0v) is 7.92. The first-order valence-corrected chi connectivity index (χ1v) is 5.12. The standard InChI is InChI=1S/C10H19NO/c1-11-7-6-10(12,8-11)9-4-2-3-5-9/h9,12H,2-8H2,1H3. The summed E-state index contributed by atoms with van der Waals surface area (Å²) >= 11 is 0. The lowest BCUT2D eigenvalue weighted by atomic mass is 9.85. The Morgan fingerprint density at radius 1 is 1.33 bits per heavy atom. The molecule has 1 N–H and O–H groups in total. The van der Waals surface area contributed by atoms with Crippen LogP contribution in [0.1, 0.15) is 32.1 Å². The molecule has 70 valence electrons. The fourth-order valence-corrected chi connectivity index (χ4v) is 2.81. The van der Waals surface area contributed by atoms with Crippen LogP contribution in [-0.2, 0) is 0 Å². The Balaban J connectivity index is 2.00. The molecule has 1 saturated carbocycles. The highest BCUT2D eigenvalue weighted by Gasteiger charge is 2.42. The average molecular weight is 169 g/mol. The van der Waals surface area contributed by atoms with Gasteiger partial charge in [0.25, 0.3) is 0 Å². The molecule has 1 aliphatic carbocycles.